The van der Waals surface area contributed by atoms with Crippen LogP contribution in [0.5, 0.6) is 0 Å². The zero-order chi connectivity index (χ0) is 15.4. The van der Waals surface area contributed by atoms with Gasteiger partial charge in [-0.15, -0.1) is 0 Å². The number of benzene rings is 2. The zero-order valence-electron chi connectivity index (χ0n) is 13.4. The number of morpholine rings is 1. The smallest absolute Gasteiger partial charge is 0.0642 e. The van der Waals surface area contributed by atoms with Gasteiger partial charge in [0.15, 0.2) is 0 Å². The van der Waals surface area contributed by atoms with Crippen molar-refractivity contribution in [1.82, 2.24) is 0 Å². The van der Waals surface area contributed by atoms with Crippen LogP contribution in [0.15, 0.2) is 54.6 Å². The Labute approximate surface area is 133 Å². The van der Waals surface area contributed by atoms with Gasteiger partial charge in [-0.25, -0.2) is 0 Å². The lowest BCUT2D eigenvalue weighted by molar-refractivity contribution is 0.122. The van der Waals surface area contributed by atoms with E-state index in [1.165, 1.54) is 28.0 Å². The quantitative estimate of drug-likeness (QED) is 0.774. The molecule has 2 heteroatoms. The highest BCUT2D eigenvalue weighted by molar-refractivity contribution is 5.89. The summed E-state index contributed by atoms with van der Waals surface area (Å²) in [6.07, 6.45) is 0. The predicted octanol–water partition coefficient (Wildman–Crippen LogP) is 4.47. The van der Waals surface area contributed by atoms with E-state index in [4.69, 9.17) is 4.74 Å². The third-order valence-electron chi connectivity index (χ3n) is 4.45. The van der Waals surface area contributed by atoms with Crippen LogP contribution in [0.4, 0.5) is 5.69 Å². The maximum atomic E-state index is 5.41. The third-order valence-corrected chi connectivity index (χ3v) is 4.45. The molecule has 0 amide bonds. The fourth-order valence-corrected chi connectivity index (χ4v) is 2.86. The molecule has 3 rings (SSSR count). The van der Waals surface area contributed by atoms with Crippen molar-refractivity contribution in [3.8, 4) is 0 Å². The summed E-state index contributed by atoms with van der Waals surface area (Å²) in [5.41, 5.74) is 6.53. The van der Waals surface area contributed by atoms with Crippen LogP contribution in [-0.2, 0) is 4.74 Å². The molecule has 0 saturated carbocycles. The minimum Gasteiger partial charge on any atom is -0.378 e. The topological polar surface area (TPSA) is 12.5 Å². The van der Waals surface area contributed by atoms with Crippen molar-refractivity contribution in [2.24, 2.45) is 0 Å². The number of nitrogens with zero attached hydrogens (tertiary/aromatic N) is 1. The van der Waals surface area contributed by atoms with Crippen molar-refractivity contribution in [1.29, 1.82) is 0 Å². The molecule has 1 aliphatic rings. The van der Waals surface area contributed by atoms with E-state index in [2.05, 4.69) is 73.3 Å². The summed E-state index contributed by atoms with van der Waals surface area (Å²) in [7, 11) is 0. The first-order valence-electron chi connectivity index (χ1n) is 7.92. The van der Waals surface area contributed by atoms with Gasteiger partial charge in [0.25, 0.3) is 0 Å². The van der Waals surface area contributed by atoms with Crippen molar-refractivity contribution in [3.63, 3.8) is 0 Å². The molecule has 114 valence electrons. The van der Waals surface area contributed by atoms with Crippen LogP contribution in [0.3, 0.4) is 0 Å². The second kappa shape index (κ2) is 6.80. The Bertz CT molecular complexity index is 637. The van der Waals surface area contributed by atoms with Gasteiger partial charge in [0.05, 0.1) is 13.2 Å². The van der Waals surface area contributed by atoms with Gasteiger partial charge in [-0.3, -0.25) is 0 Å². The van der Waals surface area contributed by atoms with Gasteiger partial charge in [0.2, 0.25) is 0 Å². The molecule has 0 radical (unpaired) electrons. The number of hydrogen-bond acceptors (Lipinski definition) is 2. The molecule has 1 saturated heterocycles. The van der Waals surface area contributed by atoms with E-state index >= 15 is 0 Å². The van der Waals surface area contributed by atoms with E-state index < -0.39 is 0 Å². The summed E-state index contributed by atoms with van der Waals surface area (Å²) < 4.78 is 5.41. The van der Waals surface area contributed by atoms with E-state index in [0.29, 0.717) is 0 Å². The highest BCUT2D eigenvalue weighted by Crippen LogP contribution is 2.27. The Kier molecular flexibility index (Phi) is 4.59. The maximum absolute atomic E-state index is 5.41. The fourth-order valence-electron chi connectivity index (χ4n) is 2.86. The lowest BCUT2D eigenvalue weighted by atomic mass is 9.97. The van der Waals surface area contributed by atoms with Crippen LogP contribution < -0.4 is 4.90 Å². The Balaban J connectivity index is 1.83. The van der Waals surface area contributed by atoms with Crippen LogP contribution in [0.1, 0.15) is 25.0 Å². The summed E-state index contributed by atoms with van der Waals surface area (Å²) >= 11 is 0. The molecule has 0 atom stereocenters. The second-order valence-corrected chi connectivity index (χ2v) is 5.76. The number of rotatable bonds is 3. The summed E-state index contributed by atoms with van der Waals surface area (Å²) in [5.74, 6) is 0. The van der Waals surface area contributed by atoms with Gasteiger partial charge in [-0.1, -0.05) is 42.5 Å². The molecule has 1 heterocycles. The fraction of sp³-hybridized carbons (Fsp3) is 0.300. The molecule has 0 spiro atoms. The first kappa shape index (κ1) is 14.9. The monoisotopic (exact) mass is 293 g/mol. The van der Waals surface area contributed by atoms with Crippen molar-refractivity contribution in [3.05, 3.63) is 65.7 Å². The molecule has 2 aromatic rings. The number of allylic oxidation sites excluding steroid dienone is 2. The molecule has 2 nitrogen and oxygen atoms in total. The van der Waals surface area contributed by atoms with Gasteiger partial charge in [-0.2, -0.15) is 0 Å². The van der Waals surface area contributed by atoms with Gasteiger partial charge in [0.1, 0.15) is 0 Å². The van der Waals surface area contributed by atoms with E-state index in [0.717, 1.165) is 26.3 Å². The second-order valence-electron chi connectivity index (χ2n) is 5.76. The lowest BCUT2D eigenvalue weighted by Crippen LogP contribution is -2.36. The lowest BCUT2D eigenvalue weighted by Gasteiger charge is -2.29. The standard InChI is InChI=1S/C20H23NO/c1-16(18-6-4-3-5-7-18)17(2)19-8-10-20(11-9-19)21-12-14-22-15-13-21/h3-11H,12-15H2,1-2H3. The molecular formula is C20H23NO. The summed E-state index contributed by atoms with van der Waals surface area (Å²) in [6, 6.07) is 19.5. The largest absolute Gasteiger partial charge is 0.378 e. The summed E-state index contributed by atoms with van der Waals surface area (Å²) in [6.45, 7) is 8.02. The Morgan fingerprint density at radius 3 is 1.91 bits per heavy atom. The number of hydrogen-bond donors (Lipinski definition) is 0. The van der Waals surface area contributed by atoms with E-state index in [-0.39, 0.29) is 0 Å². The average Bonchev–Trinajstić information content (AvgIpc) is 2.62. The summed E-state index contributed by atoms with van der Waals surface area (Å²) in [5, 5.41) is 0. The molecule has 0 unspecified atom stereocenters. The van der Waals surface area contributed by atoms with Crippen LogP contribution >= 0.6 is 0 Å². The van der Waals surface area contributed by atoms with Crippen LogP contribution in [0.2, 0.25) is 0 Å². The minimum atomic E-state index is 0.827. The first-order valence-corrected chi connectivity index (χ1v) is 7.92. The van der Waals surface area contributed by atoms with E-state index in [9.17, 15) is 0 Å². The molecule has 1 aliphatic heterocycles. The molecule has 0 bridgehead atoms. The maximum Gasteiger partial charge on any atom is 0.0642 e. The van der Waals surface area contributed by atoms with Crippen molar-refractivity contribution in [2.45, 2.75) is 13.8 Å². The van der Waals surface area contributed by atoms with Gasteiger partial charge in [-0.05, 0) is 48.3 Å². The molecule has 0 aromatic heterocycles. The Hall–Kier alpha value is -2.06. The SMILES string of the molecule is CC(=C(C)c1ccc(N2CCOCC2)cc1)c1ccccc1. The van der Waals surface area contributed by atoms with Crippen molar-refractivity contribution >= 4 is 16.8 Å². The zero-order valence-corrected chi connectivity index (χ0v) is 13.4. The van der Waals surface area contributed by atoms with Gasteiger partial charge >= 0.3 is 0 Å². The summed E-state index contributed by atoms with van der Waals surface area (Å²) in [4.78, 5) is 2.39. The van der Waals surface area contributed by atoms with Crippen molar-refractivity contribution in [2.75, 3.05) is 31.2 Å². The molecular weight excluding hydrogens is 270 g/mol. The molecule has 22 heavy (non-hydrogen) atoms. The molecule has 0 aliphatic carbocycles. The minimum absolute atomic E-state index is 0.827. The normalized spacial score (nSPS) is 16.4. The van der Waals surface area contributed by atoms with Gasteiger partial charge in [0, 0.05) is 18.8 Å². The van der Waals surface area contributed by atoms with Crippen LogP contribution in [-0.4, -0.2) is 26.3 Å². The predicted molar refractivity (Wildman–Crippen MR) is 94.1 cm³/mol. The number of anilines is 1. The molecule has 1 fully saturated rings. The Morgan fingerprint density at radius 2 is 1.32 bits per heavy atom. The molecule has 0 N–H and O–H groups in total. The van der Waals surface area contributed by atoms with Crippen LogP contribution in [0, 0.1) is 0 Å². The van der Waals surface area contributed by atoms with E-state index in [1.54, 1.807) is 0 Å². The highest BCUT2D eigenvalue weighted by Gasteiger charge is 2.11. The first-order chi connectivity index (χ1) is 10.8. The highest BCUT2D eigenvalue weighted by atomic mass is 16.5. The van der Waals surface area contributed by atoms with Gasteiger partial charge < -0.3 is 9.64 Å². The van der Waals surface area contributed by atoms with E-state index in [1.807, 2.05) is 0 Å². The van der Waals surface area contributed by atoms with Crippen LogP contribution in [0.25, 0.3) is 11.1 Å². The Morgan fingerprint density at radius 1 is 0.773 bits per heavy atom. The van der Waals surface area contributed by atoms with Crippen molar-refractivity contribution < 1.29 is 4.74 Å². The number of ether oxygens (including phenoxy) is 1. The molecule has 2 aromatic carbocycles. The average molecular weight is 293 g/mol. The third kappa shape index (κ3) is 3.23.